The standard InChI is InChI=1S/C21H26N2O2.ClH/c1-21(2)14-18(22-15-16-9-5-3-6-10-16)13-19(20(21)23(24)25)17-11-7-4-8-12-17;/h3-12,18-20,22H,13-15H2,1-2H3;1H. The molecule has 5 heteroatoms. The number of halogens is 1. The minimum atomic E-state index is -0.551. The molecule has 3 rings (SSSR count). The second-order valence-corrected chi connectivity index (χ2v) is 7.74. The van der Waals surface area contributed by atoms with E-state index in [0.29, 0.717) is 0 Å². The van der Waals surface area contributed by atoms with Gasteiger partial charge >= 0.3 is 0 Å². The summed E-state index contributed by atoms with van der Waals surface area (Å²) in [6.07, 6.45) is 1.61. The van der Waals surface area contributed by atoms with Gasteiger partial charge in [-0.25, -0.2) is 0 Å². The van der Waals surface area contributed by atoms with Crippen LogP contribution in [0.25, 0.3) is 0 Å². The lowest BCUT2D eigenvalue weighted by atomic mass is 9.64. The SMILES string of the molecule is CC1(C)CC(NCc2ccccc2)CC(c2ccccc2)C1[N+](=O)[O-].Cl. The maximum absolute atomic E-state index is 11.8. The molecule has 0 aromatic heterocycles. The fourth-order valence-corrected chi connectivity index (χ4v) is 4.28. The Bertz CT molecular complexity index is 706. The highest BCUT2D eigenvalue weighted by molar-refractivity contribution is 5.85. The molecule has 3 unspecified atom stereocenters. The molecule has 0 radical (unpaired) electrons. The number of hydrogen-bond acceptors (Lipinski definition) is 3. The van der Waals surface area contributed by atoms with Crippen LogP contribution in [0, 0.1) is 15.5 Å². The van der Waals surface area contributed by atoms with Crippen LogP contribution in [0.3, 0.4) is 0 Å². The van der Waals surface area contributed by atoms with Crippen LogP contribution in [0.15, 0.2) is 60.7 Å². The molecule has 1 fully saturated rings. The van der Waals surface area contributed by atoms with E-state index in [1.165, 1.54) is 5.56 Å². The average Bonchev–Trinajstić information content (AvgIpc) is 2.60. The molecule has 0 spiro atoms. The lowest BCUT2D eigenvalue weighted by molar-refractivity contribution is -0.549. The first kappa shape index (κ1) is 20.4. The van der Waals surface area contributed by atoms with Crippen LogP contribution in [0.5, 0.6) is 0 Å². The third kappa shape index (κ3) is 4.63. The molecule has 2 aromatic carbocycles. The number of nitrogens with zero attached hydrogens (tertiary/aromatic N) is 1. The predicted octanol–water partition coefficient (Wildman–Crippen LogP) is 4.82. The first-order valence-electron chi connectivity index (χ1n) is 8.93. The summed E-state index contributed by atoms with van der Waals surface area (Å²) >= 11 is 0. The van der Waals surface area contributed by atoms with Crippen molar-refractivity contribution in [1.82, 2.24) is 5.32 Å². The summed E-state index contributed by atoms with van der Waals surface area (Å²) in [6, 6.07) is 20.0. The average molecular weight is 375 g/mol. The van der Waals surface area contributed by atoms with E-state index >= 15 is 0 Å². The maximum atomic E-state index is 11.8. The Morgan fingerprint density at radius 2 is 1.65 bits per heavy atom. The van der Waals surface area contributed by atoms with Gasteiger partial charge in [0.25, 0.3) is 0 Å². The molecule has 0 amide bonds. The van der Waals surface area contributed by atoms with Crippen molar-refractivity contribution in [2.24, 2.45) is 5.41 Å². The highest BCUT2D eigenvalue weighted by atomic mass is 35.5. The Morgan fingerprint density at radius 1 is 1.08 bits per heavy atom. The minimum Gasteiger partial charge on any atom is -0.310 e. The van der Waals surface area contributed by atoms with Gasteiger partial charge in [0.05, 0.1) is 5.92 Å². The normalized spacial score (nSPS) is 24.5. The van der Waals surface area contributed by atoms with Crippen molar-refractivity contribution in [1.29, 1.82) is 0 Å². The van der Waals surface area contributed by atoms with Crippen LogP contribution in [0.2, 0.25) is 0 Å². The van der Waals surface area contributed by atoms with Crippen LogP contribution in [0.1, 0.15) is 43.7 Å². The first-order chi connectivity index (χ1) is 12.0. The molecule has 3 atom stereocenters. The van der Waals surface area contributed by atoms with Crippen LogP contribution >= 0.6 is 12.4 Å². The Morgan fingerprint density at radius 3 is 2.23 bits per heavy atom. The van der Waals surface area contributed by atoms with Crippen molar-refractivity contribution in [3.63, 3.8) is 0 Å². The Hall–Kier alpha value is -1.91. The van der Waals surface area contributed by atoms with E-state index in [2.05, 4.69) is 17.4 Å². The van der Waals surface area contributed by atoms with Gasteiger partial charge in [-0.05, 0) is 24.0 Å². The Labute approximate surface area is 161 Å². The predicted molar refractivity (Wildman–Crippen MR) is 107 cm³/mol. The quantitative estimate of drug-likeness (QED) is 0.603. The number of nitrogens with one attached hydrogen (secondary N) is 1. The fraction of sp³-hybridized carbons (Fsp3) is 0.429. The zero-order valence-corrected chi connectivity index (χ0v) is 16.1. The molecule has 0 bridgehead atoms. The third-order valence-corrected chi connectivity index (χ3v) is 5.39. The van der Waals surface area contributed by atoms with E-state index in [9.17, 15) is 10.1 Å². The number of benzene rings is 2. The monoisotopic (exact) mass is 374 g/mol. The highest BCUT2D eigenvalue weighted by Crippen LogP contribution is 2.45. The largest absolute Gasteiger partial charge is 0.310 e. The molecular weight excluding hydrogens is 348 g/mol. The molecule has 0 heterocycles. The first-order valence-corrected chi connectivity index (χ1v) is 8.93. The van der Waals surface area contributed by atoms with E-state index in [1.807, 2.05) is 62.4 Å². The highest BCUT2D eigenvalue weighted by Gasteiger charge is 2.50. The third-order valence-electron chi connectivity index (χ3n) is 5.39. The van der Waals surface area contributed by atoms with E-state index in [4.69, 9.17) is 0 Å². The molecule has 2 aromatic rings. The topological polar surface area (TPSA) is 55.2 Å². The van der Waals surface area contributed by atoms with Crippen molar-refractivity contribution < 1.29 is 4.92 Å². The molecular formula is C21H27ClN2O2. The van der Waals surface area contributed by atoms with Crippen molar-refractivity contribution >= 4 is 12.4 Å². The zero-order chi connectivity index (χ0) is 17.9. The lowest BCUT2D eigenvalue weighted by Crippen LogP contribution is -2.51. The van der Waals surface area contributed by atoms with Gasteiger partial charge in [0.15, 0.2) is 0 Å². The van der Waals surface area contributed by atoms with E-state index in [0.717, 1.165) is 24.9 Å². The molecule has 1 aliphatic rings. The Balaban J connectivity index is 0.00000243. The van der Waals surface area contributed by atoms with E-state index in [1.54, 1.807) is 0 Å². The van der Waals surface area contributed by atoms with Crippen LogP contribution in [-0.4, -0.2) is 17.0 Å². The van der Waals surface area contributed by atoms with Crippen molar-refractivity contribution in [2.75, 3.05) is 0 Å². The molecule has 1 aliphatic carbocycles. The Kier molecular flexibility index (Phi) is 6.79. The lowest BCUT2D eigenvalue weighted by Gasteiger charge is -2.42. The minimum absolute atomic E-state index is 0. The number of nitro groups is 1. The van der Waals surface area contributed by atoms with Crippen molar-refractivity contribution in [3.05, 3.63) is 81.9 Å². The summed E-state index contributed by atoms with van der Waals surface area (Å²) in [4.78, 5) is 11.8. The summed E-state index contributed by atoms with van der Waals surface area (Å²) in [5, 5.41) is 15.5. The zero-order valence-electron chi connectivity index (χ0n) is 15.3. The van der Waals surface area contributed by atoms with E-state index < -0.39 is 6.04 Å². The van der Waals surface area contributed by atoms with Crippen molar-refractivity contribution in [2.45, 2.75) is 51.2 Å². The van der Waals surface area contributed by atoms with Gasteiger partial charge in [0, 0.05) is 22.9 Å². The smallest absolute Gasteiger partial charge is 0.225 e. The van der Waals surface area contributed by atoms with Crippen LogP contribution in [0.4, 0.5) is 0 Å². The molecule has 140 valence electrons. The number of hydrogen-bond donors (Lipinski definition) is 1. The van der Waals surface area contributed by atoms with Gasteiger partial charge in [-0.1, -0.05) is 74.5 Å². The second-order valence-electron chi connectivity index (χ2n) is 7.74. The van der Waals surface area contributed by atoms with Crippen LogP contribution in [-0.2, 0) is 6.54 Å². The molecule has 0 aliphatic heterocycles. The summed E-state index contributed by atoms with van der Waals surface area (Å²) in [7, 11) is 0. The molecule has 1 N–H and O–H groups in total. The molecule has 26 heavy (non-hydrogen) atoms. The van der Waals surface area contributed by atoms with Crippen molar-refractivity contribution in [3.8, 4) is 0 Å². The van der Waals surface area contributed by atoms with Gasteiger partial charge in [-0.3, -0.25) is 10.1 Å². The summed E-state index contributed by atoms with van der Waals surface area (Å²) in [5.74, 6) is -0.0618. The maximum Gasteiger partial charge on any atom is 0.225 e. The summed E-state index contributed by atoms with van der Waals surface area (Å²) in [5.41, 5.74) is 1.97. The summed E-state index contributed by atoms with van der Waals surface area (Å²) in [6.45, 7) is 4.87. The fourth-order valence-electron chi connectivity index (χ4n) is 4.28. The number of rotatable bonds is 5. The molecule has 0 saturated heterocycles. The molecule has 4 nitrogen and oxygen atoms in total. The van der Waals surface area contributed by atoms with Gasteiger partial charge in [-0.15, -0.1) is 12.4 Å². The van der Waals surface area contributed by atoms with Gasteiger partial charge in [0.2, 0.25) is 6.04 Å². The van der Waals surface area contributed by atoms with Gasteiger partial charge in [-0.2, -0.15) is 0 Å². The van der Waals surface area contributed by atoms with Gasteiger partial charge in [0.1, 0.15) is 0 Å². The summed E-state index contributed by atoms with van der Waals surface area (Å²) < 4.78 is 0. The van der Waals surface area contributed by atoms with Gasteiger partial charge < -0.3 is 5.32 Å². The second kappa shape index (κ2) is 8.65. The van der Waals surface area contributed by atoms with Crippen LogP contribution < -0.4 is 5.32 Å². The molecule has 1 saturated carbocycles. The van der Waals surface area contributed by atoms with E-state index in [-0.39, 0.29) is 34.7 Å².